The quantitative estimate of drug-likeness (QED) is 0.657. The van der Waals surface area contributed by atoms with E-state index in [0.717, 1.165) is 48.3 Å². The highest BCUT2D eigenvalue weighted by atomic mass is 15.1. The largest absolute Gasteiger partial charge is 0.382 e. The fraction of sp³-hybridized carbons (Fsp3) is 0.400. The van der Waals surface area contributed by atoms with Gasteiger partial charge in [0, 0.05) is 37.6 Å². The van der Waals surface area contributed by atoms with Crippen molar-refractivity contribution in [3.05, 3.63) is 24.2 Å². The summed E-state index contributed by atoms with van der Waals surface area (Å²) in [5.41, 5.74) is 8.59. The number of anilines is 1. The molecule has 0 aliphatic carbocycles. The van der Waals surface area contributed by atoms with Gasteiger partial charge in [-0.25, -0.2) is 15.0 Å². The van der Waals surface area contributed by atoms with Crippen LogP contribution in [0.3, 0.4) is 0 Å². The Balaban J connectivity index is 0.000000636. The Morgan fingerprint density at radius 1 is 1.24 bits per heavy atom. The predicted molar refractivity (Wildman–Crippen MR) is 85.2 cm³/mol. The van der Waals surface area contributed by atoms with Crippen molar-refractivity contribution in [3.63, 3.8) is 0 Å². The van der Waals surface area contributed by atoms with E-state index in [1.807, 2.05) is 26.0 Å². The lowest BCUT2D eigenvalue weighted by Crippen LogP contribution is -2.17. The summed E-state index contributed by atoms with van der Waals surface area (Å²) in [5.74, 6) is 1.54. The summed E-state index contributed by atoms with van der Waals surface area (Å²) >= 11 is 0. The Kier molecular flexibility index (Phi) is 3.70. The summed E-state index contributed by atoms with van der Waals surface area (Å²) in [6.45, 7) is 6.80. The zero-order valence-corrected chi connectivity index (χ0v) is 12.4. The Labute approximate surface area is 123 Å². The van der Waals surface area contributed by atoms with Gasteiger partial charge in [-0.15, -0.1) is 0 Å². The van der Waals surface area contributed by atoms with Crippen LogP contribution in [0.1, 0.15) is 19.7 Å². The average molecular weight is 284 g/mol. The molecule has 6 nitrogen and oxygen atoms in total. The maximum Gasteiger partial charge on any atom is 0.163 e. The van der Waals surface area contributed by atoms with Crippen molar-refractivity contribution < 1.29 is 0 Å². The number of nitrogen functional groups attached to an aromatic ring is 1. The summed E-state index contributed by atoms with van der Waals surface area (Å²) < 4.78 is 2.25. The summed E-state index contributed by atoms with van der Waals surface area (Å²) in [7, 11) is 0. The molecule has 21 heavy (non-hydrogen) atoms. The van der Waals surface area contributed by atoms with E-state index in [9.17, 15) is 0 Å². The van der Waals surface area contributed by atoms with Crippen LogP contribution in [-0.2, 0) is 13.0 Å². The summed E-state index contributed by atoms with van der Waals surface area (Å²) in [6, 6.07) is 3.96. The highest BCUT2D eigenvalue weighted by Crippen LogP contribution is 2.28. The van der Waals surface area contributed by atoms with Crippen molar-refractivity contribution in [3.8, 4) is 0 Å². The molecule has 0 radical (unpaired) electrons. The molecule has 3 aromatic rings. The van der Waals surface area contributed by atoms with E-state index in [0.29, 0.717) is 11.5 Å². The van der Waals surface area contributed by atoms with E-state index < -0.39 is 0 Å². The van der Waals surface area contributed by atoms with Gasteiger partial charge in [0.05, 0.1) is 5.52 Å². The molecule has 0 amide bonds. The second-order valence-corrected chi connectivity index (χ2v) is 4.75. The molecule has 6 heteroatoms. The second kappa shape index (κ2) is 5.65. The van der Waals surface area contributed by atoms with Gasteiger partial charge in [0.2, 0.25) is 0 Å². The van der Waals surface area contributed by atoms with E-state index in [2.05, 4.69) is 24.8 Å². The minimum atomic E-state index is 0.467. The van der Waals surface area contributed by atoms with Crippen LogP contribution in [0.25, 0.3) is 22.1 Å². The van der Waals surface area contributed by atoms with Crippen LogP contribution in [0.15, 0.2) is 18.3 Å². The third-order valence-corrected chi connectivity index (χ3v) is 3.59. The number of hydrogen-bond donors (Lipinski definition) is 2. The minimum Gasteiger partial charge on any atom is -0.382 e. The number of rotatable bonds is 0. The van der Waals surface area contributed by atoms with Crippen LogP contribution >= 0.6 is 0 Å². The lowest BCUT2D eigenvalue weighted by molar-refractivity contribution is 0.658. The van der Waals surface area contributed by atoms with E-state index in [1.54, 1.807) is 6.20 Å². The lowest BCUT2D eigenvalue weighted by Gasteiger charge is -2.06. The Bertz CT molecular complexity index is 777. The van der Waals surface area contributed by atoms with Crippen LogP contribution in [0.5, 0.6) is 0 Å². The highest BCUT2D eigenvalue weighted by molar-refractivity contribution is 6.05. The van der Waals surface area contributed by atoms with Gasteiger partial charge >= 0.3 is 0 Å². The molecule has 0 bridgehead atoms. The molecule has 0 fully saturated rings. The molecule has 0 spiro atoms. The Hall–Kier alpha value is -2.21. The number of aromatic nitrogens is 4. The smallest absolute Gasteiger partial charge is 0.163 e. The molecule has 0 aromatic carbocycles. The van der Waals surface area contributed by atoms with Gasteiger partial charge in [0.25, 0.3) is 0 Å². The molecule has 0 atom stereocenters. The van der Waals surface area contributed by atoms with Crippen LogP contribution in [0, 0.1) is 0 Å². The molecule has 3 aromatic heterocycles. The summed E-state index contributed by atoms with van der Waals surface area (Å²) in [5, 5.41) is 4.41. The molecule has 0 saturated heterocycles. The van der Waals surface area contributed by atoms with Crippen molar-refractivity contribution >= 4 is 27.9 Å². The first-order chi connectivity index (χ1) is 10.3. The highest BCUT2D eigenvalue weighted by Gasteiger charge is 2.18. The molecule has 3 N–H and O–H groups in total. The lowest BCUT2D eigenvalue weighted by atomic mass is 10.2. The fourth-order valence-electron chi connectivity index (χ4n) is 2.74. The number of fused-ring (bicyclic) bond motifs is 5. The summed E-state index contributed by atoms with van der Waals surface area (Å²) in [6.07, 6.45) is 2.65. The number of nitrogens with one attached hydrogen (secondary N) is 1. The predicted octanol–water partition coefficient (Wildman–Crippen LogP) is 1.73. The SMILES string of the molecule is CC.Nc1nc2ncccc2c2c1nc1n2CCNCC1. The van der Waals surface area contributed by atoms with E-state index in [4.69, 9.17) is 5.73 Å². The number of hydrogen-bond acceptors (Lipinski definition) is 5. The van der Waals surface area contributed by atoms with Crippen LogP contribution in [0.2, 0.25) is 0 Å². The number of nitrogens with two attached hydrogens (primary N) is 1. The maximum absolute atomic E-state index is 6.03. The third kappa shape index (κ3) is 2.21. The molecule has 0 unspecified atom stereocenters. The molecule has 0 saturated carbocycles. The van der Waals surface area contributed by atoms with Crippen LogP contribution in [-0.4, -0.2) is 32.6 Å². The molecule has 4 heterocycles. The zero-order chi connectivity index (χ0) is 14.8. The van der Waals surface area contributed by atoms with Gasteiger partial charge in [-0.1, -0.05) is 13.8 Å². The average Bonchev–Trinajstić information content (AvgIpc) is 2.74. The zero-order valence-electron chi connectivity index (χ0n) is 12.4. The van der Waals surface area contributed by atoms with Crippen molar-refractivity contribution in [1.29, 1.82) is 0 Å². The van der Waals surface area contributed by atoms with Gasteiger partial charge in [-0.2, -0.15) is 0 Å². The standard InChI is InChI=1S/C13H14N6.C2H6/c14-12-10-11(8-2-1-4-16-13(8)18-12)19-7-6-15-5-3-9(19)17-10;1-2/h1-2,4,15H,3,5-7H2,(H2,14,16,18);1-2H3. The molecule has 1 aliphatic rings. The maximum atomic E-state index is 6.03. The van der Waals surface area contributed by atoms with Crippen LogP contribution in [0.4, 0.5) is 5.82 Å². The van der Waals surface area contributed by atoms with Gasteiger partial charge in [-0.3, -0.25) is 0 Å². The molecule has 110 valence electrons. The molecule has 1 aliphatic heterocycles. The first-order valence-electron chi connectivity index (χ1n) is 7.44. The normalized spacial score (nSPS) is 14.4. The van der Waals surface area contributed by atoms with E-state index >= 15 is 0 Å². The Morgan fingerprint density at radius 3 is 2.95 bits per heavy atom. The second-order valence-electron chi connectivity index (χ2n) is 4.75. The summed E-state index contributed by atoms with van der Waals surface area (Å²) in [4.78, 5) is 13.3. The van der Waals surface area contributed by atoms with Crippen molar-refractivity contribution in [2.75, 3.05) is 18.8 Å². The van der Waals surface area contributed by atoms with E-state index in [-0.39, 0.29) is 0 Å². The monoisotopic (exact) mass is 284 g/mol. The molecular weight excluding hydrogens is 264 g/mol. The minimum absolute atomic E-state index is 0.467. The number of pyridine rings is 2. The van der Waals surface area contributed by atoms with Gasteiger partial charge < -0.3 is 15.6 Å². The Morgan fingerprint density at radius 2 is 2.10 bits per heavy atom. The third-order valence-electron chi connectivity index (χ3n) is 3.59. The van der Waals surface area contributed by atoms with Crippen molar-refractivity contribution in [2.45, 2.75) is 26.8 Å². The van der Waals surface area contributed by atoms with Gasteiger partial charge in [-0.05, 0) is 12.1 Å². The van der Waals surface area contributed by atoms with Gasteiger partial charge in [0.15, 0.2) is 11.5 Å². The van der Waals surface area contributed by atoms with Crippen LogP contribution < -0.4 is 11.1 Å². The van der Waals surface area contributed by atoms with Gasteiger partial charge in [0.1, 0.15) is 11.3 Å². The van der Waals surface area contributed by atoms with Crippen molar-refractivity contribution in [1.82, 2.24) is 24.8 Å². The number of imidazole rings is 1. The first-order valence-corrected chi connectivity index (χ1v) is 7.44. The van der Waals surface area contributed by atoms with Crippen molar-refractivity contribution in [2.24, 2.45) is 0 Å². The van der Waals surface area contributed by atoms with E-state index in [1.165, 1.54) is 0 Å². The first kappa shape index (κ1) is 13.8. The molecular formula is C15H20N6. The fourth-order valence-corrected chi connectivity index (χ4v) is 2.74. The molecule has 4 rings (SSSR count). The topological polar surface area (TPSA) is 81.7 Å². The number of nitrogens with zero attached hydrogens (tertiary/aromatic N) is 4.